The van der Waals surface area contributed by atoms with Gasteiger partial charge in [-0.25, -0.2) is 4.98 Å². The van der Waals surface area contributed by atoms with Crippen LogP contribution in [0.5, 0.6) is 0 Å². The van der Waals surface area contributed by atoms with E-state index >= 15 is 0 Å². The second kappa shape index (κ2) is 7.57. The van der Waals surface area contributed by atoms with Gasteiger partial charge >= 0.3 is 0 Å². The summed E-state index contributed by atoms with van der Waals surface area (Å²) < 4.78 is 1.11. The van der Waals surface area contributed by atoms with Gasteiger partial charge in [-0.15, -0.1) is 23.7 Å². The van der Waals surface area contributed by atoms with E-state index in [4.69, 9.17) is 5.73 Å². The fourth-order valence-electron chi connectivity index (χ4n) is 1.75. The van der Waals surface area contributed by atoms with Crippen molar-refractivity contribution in [2.75, 3.05) is 11.9 Å². The summed E-state index contributed by atoms with van der Waals surface area (Å²) in [6.45, 7) is 4.81. The lowest BCUT2D eigenvalue weighted by molar-refractivity contribution is -0.116. The number of aromatic nitrogens is 1. The van der Waals surface area contributed by atoms with Crippen LogP contribution in [0.1, 0.15) is 37.6 Å². The van der Waals surface area contributed by atoms with E-state index in [2.05, 4.69) is 24.1 Å². The molecule has 0 aliphatic carbocycles. The molecule has 1 heterocycles. The minimum absolute atomic E-state index is 0. The molecule has 0 saturated heterocycles. The molecule has 0 spiro atoms. The summed E-state index contributed by atoms with van der Waals surface area (Å²) in [5, 5.41) is 4.02. The molecule has 0 aliphatic rings. The molecule has 3 N–H and O–H groups in total. The smallest absolute Gasteiger partial charge is 0.224 e. The summed E-state index contributed by atoms with van der Waals surface area (Å²) in [6, 6.07) is 5.84. The second-order valence-electron chi connectivity index (χ2n) is 4.83. The Bertz CT molecular complexity index is 583. The lowest BCUT2D eigenvalue weighted by Crippen LogP contribution is -2.13. The first-order chi connectivity index (χ1) is 9.10. The summed E-state index contributed by atoms with van der Waals surface area (Å²) in [4.78, 5) is 16.2. The number of hydrogen-bond donors (Lipinski definition) is 2. The highest BCUT2D eigenvalue weighted by atomic mass is 35.5. The van der Waals surface area contributed by atoms with E-state index in [1.54, 1.807) is 11.3 Å². The normalized spacial score (nSPS) is 10.6. The third kappa shape index (κ3) is 4.16. The maximum Gasteiger partial charge on any atom is 0.224 e. The number of rotatable bonds is 5. The molecule has 0 radical (unpaired) electrons. The summed E-state index contributed by atoms with van der Waals surface area (Å²) in [7, 11) is 0. The van der Waals surface area contributed by atoms with E-state index in [0.29, 0.717) is 25.3 Å². The van der Waals surface area contributed by atoms with Crippen LogP contribution >= 0.6 is 23.7 Å². The molecular formula is C14H20ClN3OS. The summed E-state index contributed by atoms with van der Waals surface area (Å²) in [5.41, 5.74) is 7.21. The van der Waals surface area contributed by atoms with E-state index in [9.17, 15) is 4.79 Å². The Morgan fingerprint density at radius 2 is 2.20 bits per heavy atom. The molecule has 0 saturated carbocycles. The SMILES string of the molecule is CC(C)c1nc2ccc(NC(=O)CCCN)cc2s1.Cl. The van der Waals surface area contributed by atoms with Gasteiger partial charge in [0, 0.05) is 18.0 Å². The Hall–Kier alpha value is -1.17. The Kier molecular flexibility index (Phi) is 6.39. The fraction of sp³-hybridized carbons (Fsp3) is 0.429. The standard InChI is InChI=1S/C14H19N3OS.ClH/c1-9(2)14-17-11-6-5-10(8-12(11)19-14)16-13(18)4-3-7-15;/h5-6,8-9H,3-4,7,15H2,1-2H3,(H,16,18);1H. The number of hydrogen-bond acceptors (Lipinski definition) is 4. The van der Waals surface area contributed by atoms with Gasteiger partial charge < -0.3 is 11.1 Å². The molecule has 6 heteroatoms. The molecule has 1 amide bonds. The highest BCUT2D eigenvalue weighted by Gasteiger charge is 2.08. The van der Waals surface area contributed by atoms with Crippen LogP contribution in [0.25, 0.3) is 10.2 Å². The zero-order valence-corrected chi connectivity index (χ0v) is 13.3. The molecule has 0 unspecified atom stereocenters. The van der Waals surface area contributed by atoms with Crippen molar-refractivity contribution in [1.29, 1.82) is 0 Å². The summed E-state index contributed by atoms with van der Waals surface area (Å²) in [5.74, 6) is 0.443. The van der Waals surface area contributed by atoms with Crippen molar-refractivity contribution in [2.24, 2.45) is 5.73 Å². The predicted molar refractivity (Wildman–Crippen MR) is 87.9 cm³/mol. The minimum Gasteiger partial charge on any atom is -0.330 e. The first-order valence-electron chi connectivity index (χ1n) is 6.50. The van der Waals surface area contributed by atoms with Crippen molar-refractivity contribution >= 4 is 45.6 Å². The van der Waals surface area contributed by atoms with Gasteiger partial charge in [-0.2, -0.15) is 0 Å². The second-order valence-corrected chi connectivity index (χ2v) is 5.89. The van der Waals surface area contributed by atoms with Crippen LogP contribution in [0.2, 0.25) is 0 Å². The summed E-state index contributed by atoms with van der Waals surface area (Å²) in [6.07, 6.45) is 1.18. The van der Waals surface area contributed by atoms with E-state index in [1.807, 2.05) is 18.2 Å². The van der Waals surface area contributed by atoms with Crippen LogP contribution in [0, 0.1) is 0 Å². The molecule has 1 aromatic heterocycles. The quantitative estimate of drug-likeness (QED) is 0.887. The van der Waals surface area contributed by atoms with Crippen molar-refractivity contribution in [3.05, 3.63) is 23.2 Å². The van der Waals surface area contributed by atoms with E-state index in [-0.39, 0.29) is 18.3 Å². The average Bonchev–Trinajstić information content (AvgIpc) is 2.79. The molecule has 0 aliphatic heterocycles. The number of amides is 1. The molecule has 0 bridgehead atoms. The largest absolute Gasteiger partial charge is 0.330 e. The lowest BCUT2D eigenvalue weighted by Gasteiger charge is -2.04. The molecule has 4 nitrogen and oxygen atoms in total. The third-order valence-corrected chi connectivity index (χ3v) is 4.11. The van der Waals surface area contributed by atoms with Crippen molar-refractivity contribution < 1.29 is 4.79 Å². The number of nitrogens with one attached hydrogen (secondary N) is 1. The van der Waals surface area contributed by atoms with Gasteiger partial charge in [0.15, 0.2) is 0 Å². The van der Waals surface area contributed by atoms with Crippen LogP contribution in [0.4, 0.5) is 5.69 Å². The predicted octanol–water partition coefficient (Wildman–Crippen LogP) is 3.52. The third-order valence-electron chi connectivity index (χ3n) is 2.79. The fourth-order valence-corrected chi connectivity index (χ4v) is 2.76. The van der Waals surface area contributed by atoms with Crippen LogP contribution in [-0.4, -0.2) is 17.4 Å². The Morgan fingerprint density at radius 3 is 2.85 bits per heavy atom. The number of anilines is 1. The maximum atomic E-state index is 11.6. The zero-order chi connectivity index (χ0) is 13.8. The van der Waals surface area contributed by atoms with Gasteiger partial charge in [-0.3, -0.25) is 4.79 Å². The number of benzene rings is 1. The number of carbonyl (C=O) groups excluding carboxylic acids is 1. The van der Waals surface area contributed by atoms with Crippen LogP contribution in [-0.2, 0) is 4.79 Å². The minimum atomic E-state index is 0. The van der Waals surface area contributed by atoms with Crippen LogP contribution in [0.3, 0.4) is 0 Å². The van der Waals surface area contributed by atoms with E-state index in [1.165, 1.54) is 0 Å². The zero-order valence-electron chi connectivity index (χ0n) is 11.7. The molecule has 2 aromatic rings. The van der Waals surface area contributed by atoms with Gasteiger partial charge in [0.2, 0.25) is 5.91 Å². The van der Waals surface area contributed by atoms with Crippen molar-refractivity contribution in [3.8, 4) is 0 Å². The lowest BCUT2D eigenvalue weighted by atomic mass is 10.2. The van der Waals surface area contributed by atoms with Crippen LogP contribution < -0.4 is 11.1 Å². The van der Waals surface area contributed by atoms with Crippen molar-refractivity contribution in [2.45, 2.75) is 32.6 Å². The van der Waals surface area contributed by atoms with E-state index in [0.717, 1.165) is 20.9 Å². The molecule has 110 valence electrons. The Balaban J connectivity index is 0.00000200. The number of carbonyl (C=O) groups is 1. The van der Waals surface area contributed by atoms with Gasteiger partial charge in [-0.1, -0.05) is 13.8 Å². The van der Waals surface area contributed by atoms with E-state index < -0.39 is 0 Å². The van der Waals surface area contributed by atoms with Gasteiger partial charge in [0.25, 0.3) is 0 Å². The number of halogens is 1. The average molecular weight is 314 g/mol. The molecule has 0 fully saturated rings. The summed E-state index contributed by atoms with van der Waals surface area (Å²) >= 11 is 1.68. The number of fused-ring (bicyclic) bond motifs is 1. The van der Waals surface area contributed by atoms with Crippen molar-refractivity contribution in [3.63, 3.8) is 0 Å². The first kappa shape index (κ1) is 16.9. The highest BCUT2D eigenvalue weighted by molar-refractivity contribution is 7.18. The Morgan fingerprint density at radius 1 is 1.45 bits per heavy atom. The number of thiazole rings is 1. The Labute approximate surface area is 129 Å². The van der Waals surface area contributed by atoms with Crippen molar-refractivity contribution in [1.82, 2.24) is 4.98 Å². The highest BCUT2D eigenvalue weighted by Crippen LogP contribution is 2.29. The molecule has 0 atom stereocenters. The molecule has 2 rings (SSSR count). The number of nitrogens with zero attached hydrogens (tertiary/aromatic N) is 1. The topological polar surface area (TPSA) is 68.0 Å². The maximum absolute atomic E-state index is 11.6. The number of nitrogens with two attached hydrogens (primary N) is 1. The van der Waals surface area contributed by atoms with Gasteiger partial charge in [0.1, 0.15) is 0 Å². The molecular weight excluding hydrogens is 294 g/mol. The molecule has 1 aromatic carbocycles. The molecule has 20 heavy (non-hydrogen) atoms. The van der Waals surface area contributed by atoms with Gasteiger partial charge in [0.05, 0.1) is 15.2 Å². The first-order valence-corrected chi connectivity index (χ1v) is 7.32. The monoisotopic (exact) mass is 313 g/mol. The van der Waals surface area contributed by atoms with Gasteiger partial charge in [-0.05, 0) is 31.2 Å². The van der Waals surface area contributed by atoms with Crippen LogP contribution in [0.15, 0.2) is 18.2 Å².